The molecule has 17 heavy (non-hydrogen) atoms. The summed E-state index contributed by atoms with van der Waals surface area (Å²) in [4.78, 5) is 4.60. The zero-order chi connectivity index (χ0) is 12.5. The van der Waals surface area contributed by atoms with E-state index in [0.29, 0.717) is 6.54 Å². The highest BCUT2D eigenvalue weighted by molar-refractivity contribution is 5.19. The molecule has 0 spiro atoms. The first-order valence-electron chi connectivity index (χ1n) is 6.45. The number of hydrogen-bond donors (Lipinski definition) is 2. The van der Waals surface area contributed by atoms with Crippen molar-refractivity contribution in [3.8, 4) is 0 Å². The smallest absolute Gasteiger partial charge is 0.109 e. The van der Waals surface area contributed by atoms with Crippen LogP contribution in [0.2, 0.25) is 0 Å². The molecule has 0 atom stereocenters. The minimum atomic E-state index is 0.0540. The maximum absolute atomic E-state index is 9.36. The molecule has 3 N–H and O–H groups in total. The molecule has 0 aromatic carbocycles. The lowest BCUT2D eigenvalue weighted by molar-refractivity contribution is 0.275. The molecule has 0 unspecified atom stereocenters. The molecule has 0 saturated carbocycles. The Hall–Kier alpha value is -0.870. The van der Waals surface area contributed by atoms with Crippen LogP contribution in [-0.2, 0) is 26.0 Å². The molecule has 0 fully saturated rings. The first-order chi connectivity index (χ1) is 8.07. The van der Waals surface area contributed by atoms with Gasteiger partial charge in [0.25, 0.3) is 0 Å². The van der Waals surface area contributed by atoms with Crippen molar-refractivity contribution in [3.63, 3.8) is 0 Å². The third kappa shape index (κ3) is 2.53. The Bertz CT molecular complexity index is 396. The molecule has 96 valence electrons. The molecule has 4 heteroatoms. The average molecular weight is 237 g/mol. The van der Waals surface area contributed by atoms with E-state index >= 15 is 0 Å². The minimum Gasteiger partial charge on any atom is -0.390 e. The van der Waals surface area contributed by atoms with Crippen LogP contribution >= 0.6 is 0 Å². The Labute approximate surface area is 103 Å². The zero-order valence-corrected chi connectivity index (χ0v) is 10.9. The van der Waals surface area contributed by atoms with Gasteiger partial charge in [0.15, 0.2) is 0 Å². The van der Waals surface area contributed by atoms with Gasteiger partial charge >= 0.3 is 0 Å². The van der Waals surface area contributed by atoms with Gasteiger partial charge in [-0.3, -0.25) is 0 Å². The van der Waals surface area contributed by atoms with E-state index in [2.05, 4.69) is 23.4 Å². The van der Waals surface area contributed by atoms with E-state index in [1.54, 1.807) is 0 Å². The molecule has 1 aromatic heterocycles. The van der Waals surface area contributed by atoms with Crippen LogP contribution in [0.15, 0.2) is 0 Å². The van der Waals surface area contributed by atoms with E-state index < -0.39 is 0 Å². The van der Waals surface area contributed by atoms with Crippen molar-refractivity contribution in [2.45, 2.75) is 52.7 Å². The Morgan fingerprint density at radius 1 is 1.41 bits per heavy atom. The second kappa shape index (κ2) is 4.78. The van der Waals surface area contributed by atoms with Crippen molar-refractivity contribution < 1.29 is 5.11 Å². The second-order valence-electron chi connectivity index (χ2n) is 5.73. The molecule has 2 heterocycles. The summed E-state index contributed by atoms with van der Waals surface area (Å²) in [5.74, 6) is 1.10. The van der Waals surface area contributed by atoms with Crippen molar-refractivity contribution in [3.05, 3.63) is 17.2 Å². The second-order valence-corrected chi connectivity index (χ2v) is 5.73. The normalized spacial score (nSPS) is 16.0. The topological polar surface area (TPSA) is 64.1 Å². The fourth-order valence-electron chi connectivity index (χ4n) is 2.46. The fourth-order valence-corrected chi connectivity index (χ4v) is 2.46. The molecule has 4 nitrogen and oxygen atoms in total. The lowest BCUT2D eigenvalue weighted by Gasteiger charge is -2.24. The van der Waals surface area contributed by atoms with Gasteiger partial charge in [0, 0.05) is 18.7 Å². The molecular formula is C13H23N3O. The van der Waals surface area contributed by atoms with E-state index in [0.717, 1.165) is 30.9 Å². The van der Waals surface area contributed by atoms with Gasteiger partial charge < -0.3 is 15.4 Å². The minimum absolute atomic E-state index is 0.0540. The summed E-state index contributed by atoms with van der Waals surface area (Å²) in [5, 5.41) is 9.36. The van der Waals surface area contributed by atoms with Crippen molar-refractivity contribution in [2.75, 3.05) is 6.54 Å². The van der Waals surface area contributed by atoms with Gasteiger partial charge in [0.2, 0.25) is 0 Å². The number of hydrogen-bond acceptors (Lipinski definition) is 3. The van der Waals surface area contributed by atoms with Gasteiger partial charge in [-0.15, -0.1) is 0 Å². The van der Waals surface area contributed by atoms with Gasteiger partial charge in [-0.25, -0.2) is 4.98 Å². The molecule has 1 aliphatic heterocycles. The molecular weight excluding hydrogens is 214 g/mol. The number of imidazole rings is 1. The molecule has 0 bridgehead atoms. The van der Waals surface area contributed by atoms with Crippen LogP contribution in [0.1, 0.15) is 43.9 Å². The number of nitrogens with two attached hydrogens (primary N) is 1. The predicted molar refractivity (Wildman–Crippen MR) is 67.6 cm³/mol. The summed E-state index contributed by atoms with van der Waals surface area (Å²) in [6.45, 7) is 6.08. The number of fused-ring (bicyclic) bond motifs is 1. The molecule has 0 amide bonds. The molecule has 1 aliphatic rings. The van der Waals surface area contributed by atoms with Gasteiger partial charge in [-0.2, -0.15) is 0 Å². The summed E-state index contributed by atoms with van der Waals surface area (Å²) in [6, 6.07) is 0. The van der Waals surface area contributed by atoms with Gasteiger partial charge in [-0.05, 0) is 31.2 Å². The quantitative estimate of drug-likeness (QED) is 0.828. The summed E-state index contributed by atoms with van der Waals surface area (Å²) >= 11 is 0. The highest BCUT2D eigenvalue weighted by Gasteiger charge is 2.24. The third-order valence-corrected chi connectivity index (χ3v) is 3.62. The monoisotopic (exact) mass is 237 g/mol. The molecule has 0 aliphatic carbocycles. The number of aliphatic hydroxyl groups is 1. The van der Waals surface area contributed by atoms with Crippen LogP contribution in [0.4, 0.5) is 0 Å². The van der Waals surface area contributed by atoms with E-state index in [9.17, 15) is 5.11 Å². The summed E-state index contributed by atoms with van der Waals surface area (Å²) in [6.07, 6.45) is 4.35. The lowest BCUT2D eigenvalue weighted by atomic mass is 9.89. The Morgan fingerprint density at radius 3 is 2.82 bits per heavy atom. The van der Waals surface area contributed by atoms with E-state index in [-0.39, 0.29) is 12.0 Å². The largest absolute Gasteiger partial charge is 0.390 e. The van der Waals surface area contributed by atoms with Crippen LogP contribution in [0, 0.1) is 5.41 Å². The van der Waals surface area contributed by atoms with Crippen molar-refractivity contribution >= 4 is 0 Å². The SMILES string of the molecule is CC(C)(CN)Cc1nc(CO)c2n1CCCC2. The highest BCUT2D eigenvalue weighted by Crippen LogP contribution is 2.26. The highest BCUT2D eigenvalue weighted by atomic mass is 16.3. The van der Waals surface area contributed by atoms with Crippen molar-refractivity contribution in [2.24, 2.45) is 11.1 Å². The van der Waals surface area contributed by atoms with Crippen LogP contribution in [-0.4, -0.2) is 21.2 Å². The van der Waals surface area contributed by atoms with Crippen molar-refractivity contribution in [1.29, 1.82) is 0 Å². The lowest BCUT2D eigenvalue weighted by Crippen LogP contribution is -2.28. The maximum Gasteiger partial charge on any atom is 0.109 e. The van der Waals surface area contributed by atoms with Crippen molar-refractivity contribution in [1.82, 2.24) is 9.55 Å². The van der Waals surface area contributed by atoms with Crippen LogP contribution in [0.3, 0.4) is 0 Å². The van der Waals surface area contributed by atoms with E-state index in [1.165, 1.54) is 18.5 Å². The van der Waals surface area contributed by atoms with Crippen LogP contribution in [0.5, 0.6) is 0 Å². The van der Waals surface area contributed by atoms with E-state index in [1.807, 2.05) is 0 Å². The molecule has 0 radical (unpaired) electrons. The van der Waals surface area contributed by atoms with Crippen LogP contribution in [0.25, 0.3) is 0 Å². The molecule has 0 saturated heterocycles. The Kier molecular flexibility index (Phi) is 3.54. The third-order valence-electron chi connectivity index (χ3n) is 3.62. The van der Waals surface area contributed by atoms with Gasteiger partial charge in [-0.1, -0.05) is 13.8 Å². The van der Waals surface area contributed by atoms with E-state index in [4.69, 9.17) is 5.73 Å². The summed E-state index contributed by atoms with van der Waals surface area (Å²) in [7, 11) is 0. The summed E-state index contributed by atoms with van der Waals surface area (Å²) < 4.78 is 2.30. The maximum atomic E-state index is 9.36. The first-order valence-corrected chi connectivity index (χ1v) is 6.45. The average Bonchev–Trinajstić information content (AvgIpc) is 2.67. The predicted octanol–water partition coefficient (Wildman–Crippen LogP) is 1.24. The molecule has 2 rings (SSSR count). The van der Waals surface area contributed by atoms with Gasteiger partial charge in [0.05, 0.1) is 12.3 Å². The Morgan fingerprint density at radius 2 is 2.18 bits per heavy atom. The molecule has 1 aromatic rings. The number of aliphatic hydroxyl groups excluding tert-OH is 1. The van der Waals surface area contributed by atoms with Crippen LogP contribution < -0.4 is 5.73 Å². The zero-order valence-electron chi connectivity index (χ0n) is 10.9. The first kappa shape index (κ1) is 12.6. The summed E-state index contributed by atoms with van der Waals surface area (Å²) in [5.41, 5.74) is 7.96. The Balaban J connectivity index is 2.31. The standard InChI is InChI=1S/C13H23N3O/c1-13(2,9-14)7-12-15-10(8-17)11-5-3-4-6-16(11)12/h17H,3-9,14H2,1-2H3. The fraction of sp³-hybridized carbons (Fsp3) is 0.769. The number of rotatable bonds is 4. The van der Waals surface area contributed by atoms with Gasteiger partial charge in [0.1, 0.15) is 5.82 Å². The number of nitrogens with zero attached hydrogens (tertiary/aromatic N) is 2. The number of aromatic nitrogens is 2.